The maximum absolute atomic E-state index is 13.0. The Morgan fingerprint density at radius 1 is 1.12 bits per heavy atom. The molecular formula is C23H26N2O7S. The van der Waals surface area contributed by atoms with Crippen LogP contribution in [0.4, 0.5) is 11.4 Å². The van der Waals surface area contributed by atoms with Gasteiger partial charge in [-0.25, -0.2) is 0 Å². The number of amides is 2. The Morgan fingerprint density at radius 3 is 2.30 bits per heavy atom. The molecule has 176 valence electrons. The number of Topliss-reactive ketones (excluding diaryl/α,β-unsaturated/α-hetero) is 1. The van der Waals surface area contributed by atoms with Gasteiger partial charge in [0.1, 0.15) is 17.3 Å². The van der Waals surface area contributed by atoms with E-state index in [2.05, 4.69) is 5.32 Å². The molecule has 2 amide bonds. The highest BCUT2D eigenvalue weighted by Crippen LogP contribution is 2.38. The van der Waals surface area contributed by atoms with E-state index in [-0.39, 0.29) is 48.1 Å². The molecule has 1 fully saturated rings. The minimum absolute atomic E-state index is 0.0291. The number of carbonyl (C=O) groups is 3. The second kappa shape index (κ2) is 8.86. The molecule has 0 aromatic heterocycles. The number of rotatable bonds is 5. The van der Waals surface area contributed by atoms with E-state index in [1.54, 1.807) is 6.07 Å². The fourth-order valence-electron chi connectivity index (χ4n) is 3.47. The first-order valence-corrected chi connectivity index (χ1v) is 12.1. The molecule has 1 aliphatic rings. The standard InChI is InChI=1S/C23H26N2O7S/c1-23(2,3)19-12-15(25-10-9-16(26)13-20(25)27)11-18(21(19)28)22(29)24-14-5-7-17(8-6-14)32-33(4,30)31/h5-8,11-12,28H,9-10,13H2,1-4H3,(H,24,29). The molecule has 0 atom stereocenters. The van der Waals surface area contributed by atoms with Crippen molar-refractivity contribution in [1.29, 1.82) is 0 Å². The lowest BCUT2D eigenvalue weighted by Crippen LogP contribution is -2.39. The van der Waals surface area contributed by atoms with E-state index < -0.39 is 21.4 Å². The predicted molar refractivity (Wildman–Crippen MR) is 123 cm³/mol. The molecule has 1 heterocycles. The number of nitrogens with one attached hydrogen (secondary N) is 1. The van der Waals surface area contributed by atoms with Crippen LogP contribution in [0.5, 0.6) is 11.5 Å². The van der Waals surface area contributed by atoms with E-state index in [1.165, 1.54) is 35.2 Å². The predicted octanol–water partition coefficient (Wildman–Crippen LogP) is 2.98. The summed E-state index contributed by atoms with van der Waals surface area (Å²) in [5.41, 5.74) is 0.694. The van der Waals surface area contributed by atoms with Crippen molar-refractivity contribution in [2.45, 2.75) is 39.0 Å². The topological polar surface area (TPSA) is 130 Å². The highest BCUT2D eigenvalue weighted by molar-refractivity contribution is 7.86. The van der Waals surface area contributed by atoms with E-state index in [9.17, 15) is 27.9 Å². The summed E-state index contributed by atoms with van der Waals surface area (Å²) in [5.74, 6) is -1.22. The number of hydrogen-bond acceptors (Lipinski definition) is 7. The zero-order chi connectivity index (χ0) is 24.6. The molecule has 0 aliphatic carbocycles. The zero-order valence-electron chi connectivity index (χ0n) is 18.8. The first kappa shape index (κ1) is 24.2. The Hall–Kier alpha value is -3.40. The van der Waals surface area contributed by atoms with Gasteiger partial charge in [0.05, 0.1) is 18.2 Å². The lowest BCUT2D eigenvalue weighted by Gasteiger charge is -2.29. The Bertz CT molecular complexity index is 1210. The molecule has 10 heteroatoms. The van der Waals surface area contributed by atoms with Gasteiger partial charge in [0.25, 0.3) is 5.91 Å². The lowest BCUT2D eigenvalue weighted by molar-refractivity contribution is -0.128. The van der Waals surface area contributed by atoms with Gasteiger partial charge >= 0.3 is 10.1 Å². The average molecular weight is 475 g/mol. The van der Waals surface area contributed by atoms with Crippen LogP contribution < -0.4 is 14.4 Å². The van der Waals surface area contributed by atoms with E-state index in [4.69, 9.17) is 4.18 Å². The van der Waals surface area contributed by atoms with Crippen LogP contribution in [0.25, 0.3) is 0 Å². The van der Waals surface area contributed by atoms with Gasteiger partial charge in [0, 0.05) is 29.9 Å². The molecule has 0 spiro atoms. The first-order valence-electron chi connectivity index (χ1n) is 10.2. The molecule has 1 saturated heterocycles. The number of hydrogen-bond donors (Lipinski definition) is 2. The number of phenols is 1. The summed E-state index contributed by atoms with van der Waals surface area (Å²) in [6, 6.07) is 8.78. The van der Waals surface area contributed by atoms with Gasteiger partial charge in [-0.1, -0.05) is 20.8 Å². The van der Waals surface area contributed by atoms with Crippen molar-refractivity contribution in [2.75, 3.05) is 23.0 Å². The fraction of sp³-hybridized carbons (Fsp3) is 0.348. The number of aromatic hydroxyl groups is 1. The molecule has 2 aromatic carbocycles. The van der Waals surface area contributed by atoms with E-state index in [1.807, 2.05) is 20.8 Å². The largest absolute Gasteiger partial charge is 0.507 e. The first-order chi connectivity index (χ1) is 15.2. The van der Waals surface area contributed by atoms with Crippen LogP contribution in [0.15, 0.2) is 36.4 Å². The van der Waals surface area contributed by atoms with Gasteiger partial charge in [-0.15, -0.1) is 0 Å². The summed E-state index contributed by atoms with van der Waals surface area (Å²) in [6.45, 7) is 5.82. The lowest BCUT2D eigenvalue weighted by atomic mass is 9.84. The Labute approximate surface area is 192 Å². The molecule has 2 N–H and O–H groups in total. The van der Waals surface area contributed by atoms with Crippen molar-refractivity contribution in [2.24, 2.45) is 0 Å². The van der Waals surface area contributed by atoms with Crippen molar-refractivity contribution in [3.8, 4) is 11.5 Å². The minimum atomic E-state index is -3.68. The summed E-state index contributed by atoms with van der Waals surface area (Å²) >= 11 is 0. The maximum atomic E-state index is 13.0. The van der Waals surface area contributed by atoms with Crippen LogP contribution in [0.2, 0.25) is 0 Å². The summed E-state index contributed by atoms with van der Waals surface area (Å²) < 4.78 is 27.2. The monoisotopic (exact) mass is 474 g/mol. The Kier molecular flexibility index (Phi) is 6.51. The number of piperidine rings is 1. The fourth-order valence-corrected chi connectivity index (χ4v) is 3.93. The van der Waals surface area contributed by atoms with Gasteiger partial charge in [-0.05, 0) is 41.8 Å². The molecule has 0 unspecified atom stereocenters. The number of nitrogens with zero attached hydrogens (tertiary/aromatic N) is 1. The maximum Gasteiger partial charge on any atom is 0.306 e. The van der Waals surface area contributed by atoms with Crippen LogP contribution in [-0.2, 0) is 25.1 Å². The summed E-state index contributed by atoms with van der Waals surface area (Å²) in [6.07, 6.45) is 0.949. The van der Waals surface area contributed by atoms with Crippen molar-refractivity contribution in [3.63, 3.8) is 0 Å². The number of phenolic OH excluding ortho intramolecular Hbond substituents is 1. The van der Waals surface area contributed by atoms with E-state index >= 15 is 0 Å². The molecule has 0 saturated carbocycles. The van der Waals surface area contributed by atoms with Crippen molar-refractivity contribution >= 4 is 39.1 Å². The molecule has 0 radical (unpaired) electrons. The Morgan fingerprint density at radius 2 is 1.76 bits per heavy atom. The molecule has 2 aromatic rings. The van der Waals surface area contributed by atoms with Gasteiger partial charge in [-0.3, -0.25) is 14.4 Å². The molecule has 3 rings (SSSR count). The molecule has 33 heavy (non-hydrogen) atoms. The number of anilines is 2. The zero-order valence-corrected chi connectivity index (χ0v) is 19.7. The number of ketones is 1. The van der Waals surface area contributed by atoms with Gasteiger partial charge in [-0.2, -0.15) is 8.42 Å². The Balaban J connectivity index is 1.94. The number of carbonyl (C=O) groups excluding carboxylic acids is 3. The van der Waals surface area contributed by atoms with Crippen LogP contribution in [-0.4, -0.2) is 43.9 Å². The van der Waals surface area contributed by atoms with Crippen molar-refractivity contribution < 1.29 is 32.1 Å². The second-order valence-electron chi connectivity index (χ2n) is 8.92. The average Bonchev–Trinajstić information content (AvgIpc) is 2.68. The van der Waals surface area contributed by atoms with Crippen molar-refractivity contribution in [3.05, 3.63) is 47.5 Å². The summed E-state index contributed by atoms with van der Waals surface area (Å²) in [4.78, 5) is 38.5. The minimum Gasteiger partial charge on any atom is -0.507 e. The van der Waals surface area contributed by atoms with Crippen molar-refractivity contribution in [1.82, 2.24) is 0 Å². The molecule has 1 aliphatic heterocycles. The quantitative estimate of drug-likeness (QED) is 0.503. The van der Waals surface area contributed by atoms with Gasteiger partial charge in [0.15, 0.2) is 0 Å². The van der Waals surface area contributed by atoms with Crippen LogP contribution >= 0.6 is 0 Å². The molecule has 0 bridgehead atoms. The molecular weight excluding hydrogens is 448 g/mol. The van der Waals surface area contributed by atoms with Crippen LogP contribution in [0, 0.1) is 0 Å². The number of benzene rings is 2. The summed E-state index contributed by atoms with van der Waals surface area (Å²) in [7, 11) is -3.68. The van der Waals surface area contributed by atoms with Crippen LogP contribution in [0.3, 0.4) is 0 Å². The van der Waals surface area contributed by atoms with Gasteiger partial charge in [0.2, 0.25) is 5.91 Å². The third-order valence-electron chi connectivity index (χ3n) is 5.08. The molecule has 9 nitrogen and oxygen atoms in total. The highest BCUT2D eigenvalue weighted by atomic mass is 32.2. The highest BCUT2D eigenvalue weighted by Gasteiger charge is 2.30. The van der Waals surface area contributed by atoms with E-state index in [0.29, 0.717) is 16.9 Å². The van der Waals surface area contributed by atoms with E-state index in [0.717, 1.165) is 6.26 Å². The third kappa shape index (κ3) is 5.89. The third-order valence-corrected chi connectivity index (χ3v) is 5.58. The normalized spacial score (nSPS) is 14.8. The van der Waals surface area contributed by atoms with Gasteiger partial charge < -0.3 is 19.5 Å². The summed E-state index contributed by atoms with van der Waals surface area (Å²) in [5, 5.41) is 13.5. The second-order valence-corrected chi connectivity index (χ2v) is 10.5. The SMILES string of the molecule is CC(C)(C)c1cc(N2CCC(=O)CC2=O)cc(C(=O)Nc2ccc(OS(C)(=O)=O)cc2)c1O. The smallest absolute Gasteiger partial charge is 0.306 e. The van der Waals surface area contributed by atoms with Crippen LogP contribution in [0.1, 0.15) is 49.5 Å².